The van der Waals surface area contributed by atoms with Crippen molar-refractivity contribution in [3.8, 4) is 17.2 Å². The Labute approximate surface area is 161 Å². The summed E-state index contributed by atoms with van der Waals surface area (Å²) in [5.41, 5.74) is 8.14. The van der Waals surface area contributed by atoms with Gasteiger partial charge in [0.15, 0.2) is 10.8 Å². The third-order valence-electron chi connectivity index (χ3n) is 4.12. The van der Waals surface area contributed by atoms with Gasteiger partial charge in [0.2, 0.25) is 0 Å². The Hall–Kier alpha value is -3.25. The first-order valence-corrected chi connectivity index (χ1v) is 8.68. The van der Waals surface area contributed by atoms with Crippen molar-refractivity contribution in [2.45, 2.75) is 6.54 Å². The molecule has 0 spiro atoms. The number of pyridine rings is 1. The molecule has 2 aromatic carbocycles. The van der Waals surface area contributed by atoms with Crippen molar-refractivity contribution in [3.05, 3.63) is 71.5 Å². The highest BCUT2D eigenvalue weighted by atomic mass is 35.5. The fourth-order valence-electron chi connectivity index (χ4n) is 2.74. The second kappa shape index (κ2) is 7.17. The maximum Gasteiger partial charge on any atom is 0.160 e. The summed E-state index contributed by atoms with van der Waals surface area (Å²) in [4.78, 5) is 4.49. The van der Waals surface area contributed by atoms with E-state index in [2.05, 4.69) is 10.1 Å². The molecule has 4 rings (SSSR count). The lowest BCUT2D eigenvalue weighted by Crippen LogP contribution is -2.02. The van der Waals surface area contributed by atoms with E-state index in [4.69, 9.17) is 26.8 Å². The summed E-state index contributed by atoms with van der Waals surface area (Å²) in [6.07, 6.45) is 1.65. The number of hydrogen-bond acceptors (Lipinski definition) is 5. The lowest BCUT2D eigenvalue weighted by Gasteiger charge is -2.07. The van der Waals surface area contributed by atoms with Gasteiger partial charge in [-0.1, -0.05) is 23.7 Å². The fraction of sp³-hybridized carbons (Fsp3) is 0.100. The van der Waals surface area contributed by atoms with Crippen LogP contribution in [0.2, 0.25) is 5.15 Å². The number of nitrogens with zero attached hydrogens (tertiary/aromatic N) is 3. The van der Waals surface area contributed by atoms with Crippen molar-refractivity contribution in [1.82, 2.24) is 14.8 Å². The molecule has 0 bridgehead atoms. The van der Waals surface area contributed by atoms with E-state index in [0.29, 0.717) is 34.5 Å². The standard InChI is InChI=1S/C20H17ClN4O2/c1-26-15-6-2-13(3-7-15)12-25-20-18(19(21)24-25)10-17(11-23-20)27-16-8-4-14(22)5-9-16/h2-11H,12,22H2,1H3. The smallest absolute Gasteiger partial charge is 0.160 e. The Morgan fingerprint density at radius 1 is 1.00 bits per heavy atom. The summed E-state index contributed by atoms with van der Waals surface area (Å²) in [5, 5.41) is 5.52. The summed E-state index contributed by atoms with van der Waals surface area (Å²) >= 11 is 6.32. The average molecular weight is 381 g/mol. The minimum absolute atomic E-state index is 0.383. The Morgan fingerprint density at radius 3 is 2.41 bits per heavy atom. The highest BCUT2D eigenvalue weighted by Crippen LogP contribution is 2.29. The Balaban J connectivity index is 1.61. The van der Waals surface area contributed by atoms with Crippen LogP contribution in [-0.4, -0.2) is 21.9 Å². The number of aromatic nitrogens is 3. The Kier molecular flexibility index (Phi) is 4.56. The van der Waals surface area contributed by atoms with Gasteiger partial charge in [-0.15, -0.1) is 0 Å². The third kappa shape index (κ3) is 3.66. The second-order valence-corrected chi connectivity index (χ2v) is 6.37. The van der Waals surface area contributed by atoms with Crippen LogP contribution in [0.15, 0.2) is 60.8 Å². The van der Waals surface area contributed by atoms with Crippen molar-refractivity contribution in [2.75, 3.05) is 12.8 Å². The van der Waals surface area contributed by atoms with Gasteiger partial charge in [0.05, 0.1) is 25.2 Å². The molecule has 0 aliphatic heterocycles. The van der Waals surface area contributed by atoms with Gasteiger partial charge in [0.1, 0.15) is 17.2 Å². The summed E-state index contributed by atoms with van der Waals surface area (Å²) in [7, 11) is 1.64. The fourth-order valence-corrected chi connectivity index (χ4v) is 2.98. The van der Waals surface area contributed by atoms with E-state index in [9.17, 15) is 0 Å². The van der Waals surface area contributed by atoms with Crippen molar-refractivity contribution in [1.29, 1.82) is 0 Å². The van der Waals surface area contributed by atoms with Crippen LogP contribution in [-0.2, 0) is 6.54 Å². The summed E-state index contributed by atoms with van der Waals surface area (Å²) in [5.74, 6) is 2.06. The molecule has 27 heavy (non-hydrogen) atoms. The molecule has 4 aromatic rings. The van der Waals surface area contributed by atoms with E-state index in [1.165, 1.54) is 0 Å². The summed E-state index contributed by atoms with van der Waals surface area (Å²) < 4.78 is 12.8. The van der Waals surface area contributed by atoms with Crippen LogP contribution in [0.25, 0.3) is 11.0 Å². The molecule has 0 saturated carbocycles. The molecule has 0 fully saturated rings. The van der Waals surface area contributed by atoms with Crippen LogP contribution in [0.3, 0.4) is 0 Å². The van der Waals surface area contributed by atoms with Crippen LogP contribution < -0.4 is 15.2 Å². The Morgan fingerprint density at radius 2 is 1.70 bits per heavy atom. The summed E-state index contributed by atoms with van der Waals surface area (Å²) in [6, 6.07) is 16.8. The van der Waals surface area contributed by atoms with Crippen LogP contribution in [0.1, 0.15) is 5.56 Å². The minimum atomic E-state index is 0.383. The Bertz CT molecular complexity index is 1080. The monoisotopic (exact) mass is 380 g/mol. The number of fused-ring (bicyclic) bond motifs is 1. The predicted octanol–water partition coefficient (Wildman–Crippen LogP) is 4.52. The van der Waals surface area contributed by atoms with Crippen molar-refractivity contribution >= 4 is 28.3 Å². The first-order valence-electron chi connectivity index (χ1n) is 8.31. The van der Waals surface area contributed by atoms with E-state index in [1.807, 2.05) is 30.3 Å². The molecule has 0 aliphatic carbocycles. The number of rotatable bonds is 5. The first kappa shape index (κ1) is 17.2. The van der Waals surface area contributed by atoms with Gasteiger partial charge in [0.25, 0.3) is 0 Å². The number of nitrogen functional groups attached to an aromatic ring is 1. The number of halogens is 1. The predicted molar refractivity (Wildman–Crippen MR) is 106 cm³/mol. The molecule has 0 amide bonds. The van der Waals surface area contributed by atoms with Crippen LogP contribution in [0.5, 0.6) is 17.2 Å². The third-order valence-corrected chi connectivity index (χ3v) is 4.40. The van der Waals surface area contributed by atoms with Gasteiger partial charge in [-0.2, -0.15) is 5.10 Å². The topological polar surface area (TPSA) is 75.2 Å². The lowest BCUT2D eigenvalue weighted by molar-refractivity contribution is 0.414. The van der Waals surface area contributed by atoms with Crippen molar-refractivity contribution in [3.63, 3.8) is 0 Å². The molecule has 136 valence electrons. The van der Waals surface area contributed by atoms with E-state index < -0.39 is 0 Å². The van der Waals surface area contributed by atoms with E-state index >= 15 is 0 Å². The van der Waals surface area contributed by atoms with Crippen molar-refractivity contribution < 1.29 is 9.47 Å². The zero-order chi connectivity index (χ0) is 18.8. The number of methoxy groups -OCH3 is 1. The van der Waals surface area contributed by atoms with Crippen molar-refractivity contribution in [2.24, 2.45) is 0 Å². The highest BCUT2D eigenvalue weighted by Gasteiger charge is 2.12. The molecule has 0 atom stereocenters. The number of anilines is 1. The van der Waals surface area contributed by atoms with Gasteiger partial charge in [-0.05, 0) is 48.0 Å². The minimum Gasteiger partial charge on any atom is -0.497 e. The second-order valence-electron chi connectivity index (χ2n) is 6.01. The van der Waals surface area contributed by atoms with Crippen LogP contribution in [0.4, 0.5) is 5.69 Å². The molecule has 0 radical (unpaired) electrons. The molecule has 7 heteroatoms. The maximum atomic E-state index is 6.32. The molecule has 0 unspecified atom stereocenters. The van der Waals surface area contributed by atoms with Gasteiger partial charge in [-0.3, -0.25) is 0 Å². The zero-order valence-electron chi connectivity index (χ0n) is 14.6. The van der Waals surface area contributed by atoms with Crippen LogP contribution >= 0.6 is 11.6 Å². The largest absolute Gasteiger partial charge is 0.497 e. The van der Waals surface area contributed by atoms with E-state index in [1.54, 1.807) is 42.3 Å². The number of nitrogens with two attached hydrogens (primary N) is 1. The van der Waals surface area contributed by atoms with Gasteiger partial charge in [0, 0.05) is 5.69 Å². The molecular weight excluding hydrogens is 364 g/mol. The molecular formula is C20H17ClN4O2. The zero-order valence-corrected chi connectivity index (χ0v) is 15.3. The number of benzene rings is 2. The number of hydrogen-bond donors (Lipinski definition) is 1. The highest BCUT2D eigenvalue weighted by molar-refractivity contribution is 6.34. The number of ether oxygens (including phenoxy) is 2. The SMILES string of the molecule is COc1ccc(Cn2nc(Cl)c3cc(Oc4ccc(N)cc4)cnc32)cc1. The average Bonchev–Trinajstić information content (AvgIpc) is 2.99. The van der Waals surface area contributed by atoms with Gasteiger partial charge in [-0.25, -0.2) is 9.67 Å². The van der Waals surface area contributed by atoms with E-state index in [0.717, 1.165) is 16.7 Å². The first-order chi connectivity index (χ1) is 13.1. The molecule has 6 nitrogen and oxygen atoms in total. The molecule has 2 heterocycles. The van der Waals surface area contributed by atoms with Crippen LogP contribution in [0, 0.1) is 0 Å². The molecule has 0 aliphatic rings. The summed E-state index contributed by atoms with van der Waals surface area (Å²) in [6.45, 7) is 0.554. The van der Waals surface area contributed by atoms with Gasteiger partial charge < -0.3 is 15.2 Å². The molecule has 2 aromatic heterocycles. The maximum absolute atomic E-state index is 6.32. The quantitative estimate of drug-likeness (QED) is 0.515. The lowest BCUT2D eigenvalue weighted by atomic mass is 10.2. The molecule has 2 N–H and O–H groups in total. The van der Waals surface area contributed by atoms with E-state index in [-0.39, 0.29) is 0 Å². The molecule has 0 saturated heterocycles. The normalized spacial score (nSPS) is 10.9. The van der Waals surface area contributed by atoms with Gasteiger partial charge >= 0.3 is 0 Å².